The van der Waals surface area contributed by atoms with Gasteiger partial charge in [-0.3, -0.25) is 0 Å². The Bertz CT molecular complexity index is 1430. The van der Waals surface area contributed by atoms with Gasteiger partial charge >= 0.3 is 7.12 Å². The molecule has 3 rings (SSSR count). The van der Waals surface area contributed by atoms with Gasteiger partial charge in [-0.2, -0.15) is 0 Å². The van der Waals surface area contributed by atoms with Crippen molar-refractivity contribution in [3.8, 4) is 0 Å². The van der Waals surface area contributed by atoms with E-state index in [1.165, 1.54) is 28.9 Å². The number of hydrogen-bond acceptors (Lipinski definition) is 5. The SMILES string of the molecule is CC1(C)OC(C)(C)c2cc(B3OC(C)(C)C(C)(C)O3)ccc21.S=S=S=S=S=S=S=S=S=S=S=S=S=S. The number of benzene rings is 1. The van der Waals surface area contributed by atoms with Crippen LogP contribution in [0.3, 0.4) is 0 Å². The van der Waals surface area contributed by atoms with Crippen molar-refractivity contribution < 1.29 is 14.0 Å². The second kappa shape index (κ2) is 15.5. The molecule has 2 aliphatic rings. The lowest BCUT2D eigenvalue weighted by atomic mass is 9.75. The summed E-state index contributed by atoms with van der Waals surface area (Å²) < 4.78 is 18.6. The number of rotatable bonds is 1. The molecule has 0 saturated carbocycles. The predicted molar refractivity (Wildman–Crippen MR) is 192 cm³/mol. The monoisotopic (exact) mass is 750 g/mol. The quantitative estimate of drug-likeness (QED) is 0.411. The highest BCUT2D eigenvalue weighted by atomic mass is 33.5. The lowest BCUT2D eigenvalue weighted by Crippen LogP contribution is -2.41. The van der Waals surface area contributed by atoms with Crippen LogP contribution in [-0.2, 0) is 154 Å². The van der Waals surface area contributed by atoms with Gasteiger partial charge in [-0.1, -0.05) is 18.2 Å². The van der Waals surface area contributed by atoms with Crippen LogP contribution in [0.5, 0.6) is 0 Å². The molecule has 3 nitrogen and oxygen atoms in total. The summed E-state index contributed by atoms with van der Waals surface area (Å²) >= 11 is 9.43. The zero-order valence-corrected chi connectivity index (χ0v) is 32.2. The van der Waals surface area contributed by atoms with Crippen LogP contribution >= 0.6 is 0 Å². The summed E-state index contributed by atoms with van der Waals surface area (Å²) in [4.78, 5) is 0. The normalized spacial score (nSPS) is 19.3. The number of fused-ring (bicyclic) bond motifs is 1. The van der Waals surface area contributed by atoms with E-state index in [0.29, 0.717) is 0 Å². The van der Waals surface area contributed by atoms with Crippen molar-refractivity contribution in [3.63, 3.8) is 0 Å². The van der Waals surface area contributed by atoms with Crippen LogP contribution in [0.1, 0.15) is 66.5 Å². The molecule has 0 spiro atoms. The van der Waals surface area contributed by atoms with Crippen LogP contribution in [0.2, 0.25) is 0 Å². The lowest BCUT2D eigenvalue weighted by Gasteiger charge is -2.32. The van der Waals surface area contributed by atoms with Crippen LogP contribution in [0.15, 0.2) is 18.2 Å². The summed E-state index contributed by atoms with van der Waals surface area (Å²) in [5.41, 5.74) is 2.35. The third kappa shape index (κ3) is 9.96. The first-order valence-corrected chi connectivity index (χ1v) is 27.6. The van der Waals surface area contributed by atoms with Crippen molar-refractivity contribution >= 4 is 142 Å². The van der Waals surface area contributed by atoms with Crippen molar-refractivity contribution in [2.75, 3.05) is 0 Å². The third-order valence-electron chi connectivity index (χ3n) is 5.68. The minimum Gasteiger partial charge on any atom is -0.399 e. The maximum Gasteiger partial charge on any atom is 0.494 e. The van der Waals surface area contributed by atoms with Crippen molar-refractivity contribution in [1.29, 1.82) is 0 Å². The maximum absolute atomic E-state index is 6.22. The van der Waals surface area contributed by atoms with Crippen molar-refractivity contribution in [1.82, 2.24) is 0 Å². The number of hydrogen-bond donors (Lipinski definition) is 0. The summed E-state index contributed by atoms with van der Waals surface area (Å²) in [7, 11) is 19.6. The zero-order chi connectivity index (χ0) is 27.0. The van der Waals surface area contributed by atoms with Gasteiger partial charge in [0.05, 0.1) is 22.4 Å². The molecule has 1 saturated heterocycles. The Labute approximate surface area is 259 Å². The first-order chi connectivity index (χ1) is 16.8. The summed E-state index contributed by atoms with van der Waals surface area (Å²) in [6, 6.07) is 6.45. The highest BCUT2D eigenvalue weighted by Gasteiger charge is 2.52. The summed E-state index contributed by atoms with van der Waals surface area (Å²) in [6.07, 6.45) is 0. The molecule has 1 aromatic carbocycles. The molecule has 0 radical (unpaired) electrons. The van der Waals surface area contributed by atoms with Gasteiger partial charge in [0, 0.05) is 129 Å². The predicted octanol–water partition coefficient (Wildman–Crippen LogP) is 3.45. The zero-order valence-electron chi connectivity index (χ0n) is 20.7. The minimum atomic E-state index is -0.324. The molecular formula is C18H27BO3S14. The first-order valence-electron chi connectivity index (χ1n) is 10.2. The van der Waals surface area contributed by atoms with Gasteiger partial charge in [0.2, 0.25) is 0 Å². The molecule has 36 heavy (non-hydrogen) atoms. The molecule has 18 heteroatoms. The molecule has 0 amide bonds. The van der Waals surface area contributed by atoms with E-state index in [9.17, 15) is 0 Å². The second-order valence-electron chi connectivity index (χ2n) is 9.33. The van der Waals surface area contributed by atoms with Gasteiger partial charge < -0.3 is 14.0 Å². The fourth-order valence-electron chi connectivity index (χ4n) is 3.57. The lowest BCUT2D eigenvalue weighted by molar-refractivity contribution is -0.105. The van der Waals surface area contributed by atoms with Crippen LogP contribution in [0.4, 0.5) is 0 Å². The fraction of sp³-hybridized carbons (Fsp3) is 0.667. The van der Waals surface area contributed by atoms with Crippen LogP contribution in [-0.4, -0.2) is 18.3 Å². The van der Waals surface area contributed by atoms with E-state index >= 15 is 0 Å². The average molecular weight is 751 g/mol. The Balaban J connectivity index is 0.000000284. The highest BCUT2D eigenvalue weighted by Crippen LogP contribution is 2.46. The van der Waals surface area contributed by atoms with Crippen LogP contribution in [0.25, 0.3) is 0 Å². The van der Waals surface area contributed by atoms with Crippen molar-refractivity contribution in [3.05, 3.63) is 29.3 Å². The largest absolute Gasteiger partial charge is 0.494 e. The number of ether oxygens (including phenoxy) is 1. The van der Waals surface area contributed by atoms with E-state index in [2.05, 4.69) is 73.6 Å². The molecule has 0 bridgehead atoms. The Hall–Kier alpha value is 2.24. The fourth-order valence-corrected chi connectivity index (χ4v) is 31.0. The van der Waals surface area contributed by atoms with E-state index in [4.69, 9.17) is 36.4 Å². The highest BCUT2D eigenvalue weighted by molar-refractivity contribution is 8.76. The Morgan fingerprint density at radius 3 is 1.39 bits per heavy atom. The summed E-state index contributed by atoms with van der Waals surface area (Å²) in [6.45, 7) is 16.8. The molecule has 2 aliphatic heterocycles. The van der Waals surface area contributed by atoms with E-state index < -0.39 is 0 Å². The molecule has 1 fully saturated rings. The minimum absolute atomic E-state index is 0.257. The van der Waals surface area contributed by atoms with Crippen LogP contribution < -0.4 is 5.46 Å². The van der Waals surface area contributed by atoms with Crippen LogP contribution in [0, 0.1) is 0 Å². The molecule has 1 aromatic rings. The Morgan fingerprint density at radius 1 is 0.583 bits per heavy atom. The van der Waals surface area contributed by atoms with Gasteiger partial charge in [0.15, 0.2) is 0 Å². The topological polar surface area (TPSA) is 27.7 Å². The third-order valence-corrected chi connectivity index (χ3v) is 30.1. The Morgan fingerprint density at radius 2 is 0.972 bits per heavy atom. The van der Waals surface area contributed by atoms with Gasteiger partial charge in [-0.25, -0.2) is 0 Å². The van der Waals surface area contributed by atoms with E-state index in [1.807, 2.05) is 0 Å². The molecule has 204 valence electrons. The summed E-state index contributed by atoms with van der Waals surface area (Å²) in [5, 5.41) is 0. The van der Waals surface area contributed by atoms with Gasteiger partial charge in [0.1, 0.15) is 0 Å². The molecule has 0 unspecified atom stereocenters. The molecule has 0 aromatic heterocycles. The molecule has 0 N–H and O–H groups in total. The van der Waals surface area contributed by atoms with Crippen molar-refractivity contribution in [2.45, 2.75) is 77.8 Å². The van der Waals surface area contributed by atoms with Gasteiger partial charge in [0.25, 0.3) is 0 Å². The first kappa shape index (κ1) is 34.4. The van der Waals surface area contributed by atoms with Gasteiger partial charge in [-0.05, 0) is 72.0 Å². The molecule has 0 atom stereocenters. The Kier molecular flexibility index (Phi) is 14.8. The van der Waals surface area contributed by atoms with E-state index in [1.54, 1.807) is 88.8 Å². The van der Waals surface area contributed by atoms with Gasteiger partial charge in [-0.15, -0.1) is 0 Å². The molecular weight excluding hydrogens is 724 g/mol. The second-order valence-corrected chi connectivity index (χ2v) is 30.6. The smallest absolute Gasteiger partial charge is 0.399 e. The van der Waals surface area contributed by atoms with Crippen molar-refractivity contribution in [2.24, 2.45) is 0 Å². The maximum atomic E-state index is 6.22. The van der Waals surface area contributed by atoms with E-state index in [0.717, 1.165) is 5.46 Å². The summed E-state index contributed by atoms with van der Waals surface area (Å²) in [5.74, 6) is 0. The molecule has 0 aliphatic carbocycles. The molecule has 2 heterocycles. The van der Waals surface area contributed by atoms with E-state index in [-0.39, 0.29) is 29.5 Å². The average Bonchev–Trinajstić information content (AvgIpc) is 3.12. The standard InChI is InChI=1S/C18H27BO3.S14/c1-15(2)13-10-9-12(11-14(13)16(3,4)20-15)19-21-17(5,6)18(7,8)22-19;1-3-5-7-9-11-13-14-12-10-8-6-4-2/h9-11H,1-8H3;.